The van der Waals surface area contributed by atoms with E-state index >= 15 is 0 Å². The summed E-state index contributed by atoms with van der Waals surface area (Å²) in [5.41, 5.74) is 1.06. The van der Waals surface area contributed by atoms with Crippen molar-refractivity contribution in [1.29, 1.82) is 0 Å². The number of ether oxygens (including phenoxy) is 1. The molecule has 0 saturated carbocycles. The molecule has 1 aliphatic heterocycles. The molecule has 4 heterocycles. The zero-order chi connectivity index (χ0) is 17.4. The average molecular weight is 346 g/mol. The van der Waals surface area contributed by atoms with Gasteiger partial charge in [-0.2, -0.15) is 4.52 Å². The van der Waals surface area contributed by atoms with Crippen molar-refractivity contribution in [3.8, 4) is 17.4 Å². The summed E-state index contributed by atoms with van der Waals surface area (Å²) >= 11 is 0. The lowest BCUT2D eigenvalue weighted by molar-refractivity contribution is -0.0119. The van der Waals surface area contributed by atoms with Gasteiger partial charge in [-0.05, 0) is 24.6 Å². The molecule has 0 atom stereocenters. The molecule has 25 heavy (non-hydrogen) atoms. The number of anilines is 1. The molecule has 7 nitrogen and oxygen atoms in total. The first-order valence-corrected chi connectivity index (χ1v) is 7.92. The Morgan fingerprint density at radius 1 is 1.16 bits per heavy atom. The van der Waals surface area contributed by atoms with Crippen LogP contribution in [0.25, 0.3) is 17.2 Å². The number of methoxy groups -OCH3 is 1. The molecule has 1 saturated heterocycles. The molecule has 0 radical (unpaired) electrons. The van der Waals surface area contributed by atoms with E-state index in [9.17, 15) is 8.78 Å². The van der Waals surface area contributed by atoms with E-state index < -0.39 is 5.92 Å². The van der Waals surface area contributed by atoms with Gasteiger partial charge in [-0.3, -0.25) is 0 Å². The van der Waals surface area contributed by atoms with Crippen molar-refractivity contribution in [3.63, 3.8) is 0 Å². The van der Waals surface area contributed by atoms with Gasteiger partial charge >= 0.3 is 0 Å². The van der Waals surface area contributed by atoms with Gasteiger partial charge < -0.3 is 9.64 Å². The number of pyridine rings is 1. The molecule has 0 amide bonds. The summed E-state index contributed by atoms with van der Waals surface area (Å²) in [7, 11) is 1.53. The van der Waals surface area contributed by atoms with Crippen molar-refractivity contribution in [2.75, 3.05) is 25.1 Å². The fourth-order valence-electron chi connectivity index (χ4n) is 2.92. The Kier molecular flexibility index (Phi) is 3.70. The van der Waals surface area contributed by atoms with Crippen LogP contribution in [0.5, 0.6) is 5.88 Å². The SMILES string of the molecule is COc1cccc(-c2nnc3ccc(N4CCCC(F)(F)C4)nn23)n1. The van der Waals surface area contributed by atoms with Crippen molar-refractivity contribution in [2.45, 2.75) is 18.8 Å². The number of alkyl halides is 2. The van der Waals surface area contributed by atoms with Gasteiger partial charge in [-0.15, -0.1) is 15.3 Å². The number of fused-ring (bicyclic) bond motifs is 1. The number of hydrogen-bond donors (Lipinski definition) is 0. The first-order chi connectivity index (χ1) is 12.1. The van der Waals surface area contributed by atoms with Gasteiger partial charge in [0.05, 0.1) is 13.7 Å². The highest BCUT2D eigenvalue weighted by atomic mass is 19.3. The fourth-order valence-corrected chi connectivity index (χ4v) is 2.92. The summed E-state index contributed by atoms with van der Waals surface area (Å²) in [5, 5.41) is 12.6. The van der Waals surface area contributed by atoms with E-state index in [-0.39, 0.29) is 13.0 Å². The van der Waals surface area contributed by atoms with Gasteiger partial charge in [-0.25, -0.2) is 13.8 Å². The van der Waals surface area contributed by atoms with Gasteiger partial charge in [0, 0.05) is 19.0 Å². The lowest BCUT2D eigenvalue weighted by Gasteiger charge is -2.33. The van der Waals surface area contributed by atoms with Crippen LogP contribution in [0.4, 0.5) is 14.6 Å². The van der Waals surface area contributed by atoms with E-state index in [0.29, 0.717) is 41.8 Å². The molecule has 0 aromatic carbocycles. The maximum Gasteiger partial charge on any atom is 0.265 e. The lowest BCUT2D eigenvalue weighted by atomic mass is 10.1. The number of nitrogens with zero attached hydrogens (tertiary/aromatic N) is 6. The molecule has 0 spiro atoms. The van der Waals surface area contributed by atoms with Crippen molar-refractivity contribution >= 4 is 11.5 Å². The van der Waals surface area contributed by atoms with Gasteiger partial charge in [0.2, 0.25) is 11.7 Å². The fraction of sp³-hybridized carbons (Fsp3) is 0.375. The largest absolute Gasteiger partial charge is 0.481 e. The molecule has 0 N–H and O–H groups in total. The summed E-state index contributed by atoms with van der Waals surface area (Å²) in [6.45, 7) is 0.212. The molecule has 0 bridgehead atoms. The monoisotopic (exact) mass is 346 g/mol. The predicted molar refractivity (Wildman–Crippen MR) is 87.0 cm³/mol. The van der Waals surface area contributed by atoms with E-state index in [4.69, 9.17) is 4.74 Å². The van der Waals surface area contributed by atoms with E-state index in [0.717, 1.165) is 0 Å². The summed E-state index contributed by atoms with van der Waals surface area (Å²) in [6.07, 6.45) is 0.344. The van der Waals surface area contributed by atoms with E-state index in [1.165, 1.54) is 11.6 Å². The Labute approximate surface area is 142 Å². The highest BCUT2D eigenvalue weighted by Gasteiger charge is 2.35. The van der Waals surface area contributed by atoms with Gasteiger partial charge in [0.25, 0.3) is 5.92 Å². The van der Waals surface area contributed by atoms with Crippen molar-refractivity contribution in [3.05, 3.63) is 30.3 Å². The zero-order valence-electron chi connectivity index (χ0n) is 13.6. The average Bonchev–Trinajstić information content (AvgIpc) is 3.04. The van der Waals surface area contributed by atoms with Crippen LogP contribution in [0, 0.1) is 0 Å². The van der Waals surface area contributed by atoms with Crippen LogP contribution in [0.15, 0.2) is 30.3 Å². The minimum Gasteiger partial charge on any atom is -0.481 e. The van der Waals surface area contributed by atoms with Crippen molar-refractivity contribution in [1.82, 2.24) is 24.8 Å². The normalized spacial score (nSPS) is 17.0. The van der Waals surface area contributed by atoms with Crippen LogP contribution >= 0.6 is 0 Å². The Morgan fingerprint density at radius 3 is 2.84 bits per heavy atom. The van der Waals surface area contributed by atoms with Crippen LogP contribution in [-0.4, -0.2) is 50.9 Å². The van der Waals surface area contributed by atoms with Crippen LogP contribution in [-0.2, 0) is 0 Å². The number of aromatic nitrogens is 5. The van der Waals surface area contributed by atoms with Crippen molar-refractivity contribution in [2.24, 2.45) is 0 Å². The molecular formula is C16H16F2N6O. The highest BCUT2D eigenvalue weighted by molar-refractivity contribution is 5.56. The molecule has 130 valence electrons. The lowest BCUT2D eigenvalue weighted by Crippen LogP contribution is -2.43. The molecule has 0 aliphatic carbocycles. The number of rotatable bonds is 3. The Bertz CT molecular complexity index is 913. The van der Waals surface area contributed by atoms with Crippen LogP contribution in [0.3, 0.4) is 0 Å². The summed E-state index contributed by atoms with van der Waals surface area (Å²) in [5.74, 6) is -1.35. The smallest absolute Gasteiger partial charge is 0.265 e. The van der Waals surface area contributed by atoms with E-state index in [1.807, 2.05) is 0 Å². The second kappa shape index (κ2) is 5.91. The minimum atomic E-state index is -2.70. The Morgan fingerprint density at radius 2 is 2.04 bits per heavy atom. The molecule has 1 aliphatic rings. The first-order valence-electron chi connectivity index (χ1n) is 7.92. The zero-order valence-corrected chi connectivity index (χ0v) is 13.6. The highest BCUT2D eigenvalue weighted by Crippen LogP contribution is 2.29. The maximum atomic E-state index is 13.7. The van der Waals surface area contributed by atoms with E-state index in [1.54, 1.807) is 35.2 Å². The first kappa shape index (κ1) is 15.7. The molecule has 1 fully saturated rings. The van der Waals surface area contributed by atoms with Crippen LogP contribution in [0.1, 0.15) is 12.8 Å². The summed E-state index contributed by atoms with van der Waals surface area (Å²) < 4.78 is 34.0. The van der Waals surface area contributed by atoms with Gasteiger partial charge in [0.15, 0.2) is 5.65 Å². The number of halogens is 2. The Hall–Kier alpha value is -2.84. The Balaban J connectivity index is 1.75. The molecule has 0 unspecified atom stereocenters. The quantitative estimate of drug-likeness (QED) is 0.726. The molecule has 3 aromatic rings. The standard InChI is InChI=1S/C16H16F2N6O/c1-25-14-5-2-4-11(19-14)15-21-20-12-6-7-13(22-24(12)15)23-9-3-8-16(17,18)10-23/h2,4-7H,3,8-10H2,1H3. The van der Waals surface area contributed by atoms with Crippen LogP contribution in [0.2, 0.25) is 0 Å². The maximum absolute atomic E-state index is 13.7. The van der Waals surface area contributed by atoms with Gasteiger partial charge in [0.1, 0.15) is 11.5 Å². The molecule has 9 heteroatoms. The topological polar surface area (TPSA) is 68.4 Å². The second-order valence-electron chi connectivity index (χ2n) is 5.93. The number of piperidine rings is 1. The third-order valence-electron chi connectivity index (χ3n) is 4.13. The van der Waals surface area contributed by atoms with Gasteiger partial charge in [-0.1, -0.05) is 6.07 Å². The summed E-state index contributed by atoms with van der Waals surface area (Å²) in [4.78, 5) is 5.92. The third-order valence-corrected chi connectivity index (χ3v) is 4.13. The van der Waals surface area contributed by atoms with Crippen LogP contribution < -0.4 is 9.64 Å². The van der Waals surface area contributed by atoms with Crippen molar-refractivity contribution < 1.29 is 13.5 Å². The number of hydrogen-bond acceptors (Lipinski definition) is 6. The third kappa shape index (κ3) is 2.97. The minimum absolute atomic E-state index is 0.0860. The predicted octanol–water partition coefficient (Wildman–Crippen LogP) is 2.43. The summed E-state index contributed by atoms with van der Waals surface area (Å²) in [6, 6.07) is 8.68. The second-order valence-corrected chi connectivity index (χ2v) is 5.93. The molecule has 4 rings (SSSR count). The van der Waals surface area contributed by atoms with E-state index in [2.05, 4.69) is 20.3 Å². The molecular weight excluding hydrogens is 330 g/mol. The molecule has 3 aromatic heterocycles.